The molecule has 16 heavy (non-hydrogen) atoms. The Morgan fingerprint density at radius 1 is 1.50 bits per heavy atom. The van der Waals surface area contributed by atoms with Crippen molar-refractivity contribution in [1.29, 1.82) is 0 Å². The van der Waals surface area contributed by atoms with Crippen LogP contribution in [0, 0.1) is 18.6 Å². The summed E-state index contributed by atoms with van der Waals surface area (Å²) in [6.07, 6.45) is -0.202. The predicted octanol–water partition coefficient (Wildman–Crippen LogP) is 2.55. The van der Waals surface area contributed by atoms with Crippen LogP contribution in [0.2, 0.25) is 0 Å². The molecule has 0 fully saturated rings. The van der Waals surface area contributed by atoms with Crippen LogP contribution < -0.4 is 5.32 Å². The molecular weight excluding hydrogens is 216 g/mol. The van der Waals surface area contributed by atoms with Gasteiger partial charge < -0.3 is 10.4 Å². The molecule has 0 amide bonds. The van der Waals surface area contributed by atoms with E-state index in [4.69, 9.17) is 5.11 Å². The van der Waals surface area contributed by atoms with Gasteiger partial charge in [0, 0.05) is 6.04 Å². The smallest absolute Gasteiger partial charge is 0.305 e. The molecule has 2 N–H and O–H groups in total. The molecule has 3 nitrogen and oxygen atoms in total. The van der Waals surface area contributed by atoms with Crippen LogP contribution in [-0.2, 0) is 4.79 Å². The number of anilines is 1. The number of halogens is 2. The van der Waals surface area contributed by atoms with Gasteiger partial charge in [-0.15, -0.1) is 0 Å². The molecule has 1 rings (SSSR count). The number of aryl methyl sites for hydroxylation is 1. The molecule has 1 aromatic rings. The monoisotopic (exact) mass is 229 g/mol. The number of benzene rings is 1. The van der Waals surface area contributed by atoms with E-state index in [-0.39, 0.29) is 12.1 Å². The number of rotatable bonds is 4. The third-order valence-corrected chi connectivity index (χ3v) is 2.16. The lowest BCUT2D eigenvalue weighted by molar-refractivity contribution is -0.137. The van der Waals surface area contributed by atoms with Crippen LogP contribution in [0.25, 0.3) is 0 Å². The van der Waals surface area contributed by atoms with Crippen molar-refractivity contribution < 1.29 is 18.7 Å². The first-order chi connectivity index (χ1) is 7.41. The Morgan fingerprint density at radius 3 is 2.69 bits per heavy atom. The predicted molar refractivity (Wildman–Crippen MR) is 56.4 cm³/mol. The average molecular weight is 229 g/mol. The van der Waals surface area contributed by atoms with E-state index >= 15 is 0 Å². The maximum atomic E-state index is 13.5. The number of carboxylic acids is 1. The summed E-state index contributed by atoms with van der Waals surface area (Å²) < 4.78 is 26.8. The second-order valence-corrected chi connectivity index (χ2v) is 3.70. The molecule has 0 saturated heterocycles. The fourth-order valence-corrected chi connectivity index (χ4v) is 1.35. The molecule has 1 atom stereocenters. The van der Waals surface area contributed by atoms with Crippen LogP contribution >= 0.6 is 0 Å². The zero-order valence-corrected chi connectivity index (χ0v) is 9.05. The standard InChI is InChI=1S/C11H13F2NO2/c1-6-3-4-8(12)11(10(6)13)14-7(2)5-9(15)16/h3-4,7,14H,5H2,1-2H3,(H,15,16). The Balaban J connectivity index is 2.88. The summed E-state index contributed by atoms with van der Waals surface area (Å²) in [5, 5.41) is 11.0. The van der Waals surface area contributed by atoms with Crippen LogP contribution in [-0.4, -0.2) is 17.1 Å². The Kier molecular flexibility index (Phi) is 3.82. The normalized spacial score (nSPS) is 12.2. The third kappa shape index (κ3) is 2.92. The lowest BCUT2D eigenvalue weighted by Gasteiger charge is -2.15. The first-order valence-corrected chi connectivity index (χ1v) is 4.84. The van der Waals surface area contributed by atoms with E-state index in [9.17, 15) is 13.6 Å². The minimum absolute atomic E-state index is 0.202. The van der Waals surface area contributed by atoms with Gasteiger partial charge in [-0.05, 0) is 25.5 Å². The highest BCUT2D eigenvalue weighted by Crippen LogP contribution is 2.22. The van der Waals surface area contributed by atoms with E-state index in [2.05, 4.69) is 5.32 Å². The van der Waals surface area contributed by atoms with E-state index in [1.807, 2.05) is 0 Å². The maximum absolute atomic E-state index is 13.5. The van der Waals surface area contributed by atoms with Crippen LogP contribution in [0.15, 0.2) is 12.1 Å². The fourth-order valence-electron chi connectivity index (χ4n) is 1.35. The molecule has 0 aromatic heterocycles. The molecule has 88 valence electrons. The number of hydrogen-bond acceptors (Lipinski definition) is 2. The Morgan fingerprint density at radius 2 is 2.12 bits per heavy atom. The average Bonchev–Trinajstić information content (AvgIpc) is 2.17. The molecule has 1 unspecified atom stereocenters. The van der Waals surface area contributed by atoms with Gasteiger partial charge in [0.05, 0.1) is 6.42 Å². The van der Waals surface area contributed by atoms with Crippen LogP contribution in [0.5, 0.6) is 0 Å². The van der Waals surface area contributed by atoms with Gasteiger partial charge in [-0.25, -0.2) is 8.78 Å². The lowest BCUT2D eigenvalue weighted by Crippen LogP contribution is -2.21. The number of hydrogen-bond donors (Lipinski definition) is 2. The highest BCUT2D eigenvalue weighted by molar-refractivity contribution is 5.68. The molecule has 0 radical (unpaired) electrons. The molecule has 5 heteroatoms. The van der Waals surface area contributed by atoms with Crippen molar-refractivity contribution in [2.75, 3.05) is 5.32 Å². The summed E-state index contributed by atoms with van der Waals surface area (Å²) in [5.41, 5.74) is 0.0418. The molecule has 0 heterocycles. The molecule has 1 aromatic carbocycles. The second-order valence-electron chi connectivity index (χ2n) is 3.70. The Bertz CT molecular complexity index is 407. The van der Waals surface area contributed by atoms with E-state index in [0.717, 1.165) is 6.07 Å². The van der Waals surface area contributed by atoms with Crippen molar-refractivity contribution in [2.24, 2.45) is 0 Å². The van der Waals surface area contributed by atoms with E-state index in [0.29, 0.717) is 5.56 Å². The largest absolute Gasteiger partial charge is 0.481 e. The molecule has 0 saturated carbocycles. The zero-order valence-electron chi connectivity index (χ0n) is 9.05. The number of aliphatic carboxylic acids is 1. The summed E-state index contributed by atoms with van der Waals surface area (Å²) in [4.78, 5) is 10.4. The summed E-state index contributed by atoms with van der Waals surface area (Å²) in [7, 11) is 0. The van der Waals surface area contributed by atoms with E-state index in [1.54, 1.807) is 6.92 Å². The molecule has 0 aliphatic rings. The molecule has 0 aliphatic carbocycles. The van der Waals surface area contributed by atoms with Gasteiger partial charge in [-0.3, -0.25) is 4.79 Å². The van der Waals surface area contributed by atoms with Crippen LogP contribution in [0.3, 0.4) is 0 Å². The van der Waals surface area contributed by atoms with Gasteiger partial charge in [0.2, 0.25) is 0 Å². The van der Waals surface area contributed by atoms with E-state index in [1.165, 1.54) is 13.0 Å². The molecular formula is C11H13F2NO2. The number of nitrogens with one attached hydrogen (secondary N) is 1. The molecule has 0 aliphatic heterocycles. The van der Waals surface area contributed by atoms with Gasteiger partial charge in [0.25, 0.3) is 0 Å². The third-order valence-electron chi connectivity index (χ3n) is 2.16. The summed E-state index contributed by atoms with van der Waals surface area (Å²) in [5.74, 6) is -2.42. The minimum Gasteiger partial charge on any atom is -0.481 e. The highest BCUT2D eigenvalue weighted by Gasteiger charge is 2.15. The van der Waals surface area contributed by atoms with Gasteiger partial charge in [0.15, 0.2) is 5.82 Å². The quantitative estimate of drug-likeness (QED) is 0.834. The van der Waals surface area contributed by atoms with Crippen LogP contribution in [0.4, 0.5) is 14.5 Å². The van der Waals surface area contributed by atoms with Crippen molar-refractivity contribution in [1.82, 2.24) is 0 Å². The van der Waals surface area contributed by atoms with Crippen molar-refractivity contribution in [3.05, 3.63) is 29.3 Å². The topological polar surface area (TPSA) is 49.3 Å². The van der Waals surface area contributed by atoms with Gasteiger partial charge >= 0.3 is 5.97 Å². The SMILES string of the molecule is Cc1ccc(F)c(NC(C)CC(=O)O)c1F. The number of carbonyl (C=O) groups is 1. The minimum atomic E-state index is -1.02. The zero-order chi connectivity index (χ0) is 12.3. The van der Waals surface area contributed by atoms with Crippen molar-refractivity contribution in [3.63, 3.8) is 0 Å². The molecule has 0 spiro atoms. The summed E-state index contributed by atoms with van der Waals surface area (Å²) in [6, 6.07) is 1.94. The van der Waals surface area contributed by atoms with Crippen molar-refractivity contribution in [2.45, 2.75) is 26.3 Å². The summed E-state index contributed by atoms with van der Waals surface area (Å²) in [6.45, 7) is 3.07. The van der Waals surface area contributed by atoms with Gasteiger partial charge in [-0.2, -0.15) is 0 Å². The maximum Gasteiger partial charge on any atom is 0.305 e. The molecule has 0 bridgehead atoms. The Hall–Kier alpha value is -1.65. The van der Waals surface area contributed by atoms with Gasteiger partial charge in [0.1, 0.15) is 11.5 Å². The first kappa shape index (κ1) is 12.4. The van der Waals surface area contributed by atoms with Crippen LogP contribution in [0.1, 0.15) is 18.9 Å². The number of carboxylic acid groups (broad SMARTS) is 1. The Labute approximate surface area is 92.1 Å². The summed E-state index contributed by atoms with van der Waals surface area (Å²) >= 11 is 0. The van der Waals surface area contributed by atoms with Crippen molar-refractivity contribution >= 4 is 11.7 Å². The van der Waals surface area contributed by atoms with Gasteiger partial charge in [-0.1, -0.05) is 6.07 Å². The second kappa shape index (κ2) is 4.92. The van der Waals surface area contributed by atoms with E-state index < -0.39 is 23.6 Å². The van der Waals surface area contributed by atoms with Crippen molar-refractivity contribution in [3.8, 4) is 0 Å². The lowest BCUT2D eigenvalue weighted by atomic mass is 10.1. The fraction of sp³-hybridized carbons (Fsp3) is 0.364. The highest BCUT2D eigenvalue weighted by atomic mass is 19.1. The first-order valence-electron chi connectivity index (χ1n) is 4.84.